The molecule has 3 atom stereocenters. The van der Waals surface area contributed by atoms with Crippen molar-refractivity contribution in [3.05, 3.63) is 30.5 Å². The van der Waals surface area contributed by atoms with E-state index in [1.165, 1.54) is 19.1 Å². The molecule has 2 aliphatic rings. The van der Waals surface area contributed by atoms with Crippen molar-refractivity contribution in [3.8, 4) is 0 Å². The van der Waals surface area contributed by atoms with Crippen LogP contribution in [0.3, 0.4) is 0 Å². The molecular weight excluding hydrogens is 248 g/mol. The number of allylic oxidation sites excluding steroid dienone is 1. The molecule has 1 aromatic rings. The SMILES string of the molecule is CS(=O)(=O)c1ccc(NC2CC3CC=CC32)cn1. The second-order valence-electron chi connectivity index (χ2n) is 5.15. The van der Waals surface area contributed by atoms with Gasteiger partial charge in [0.2, 0.25) is 0 Å². The minimum Gasteiger partial charge on any atom is -0.380 e. The summed E-state index contributed by atoms with van der Waals surface area (Å²) in [5.41, 5.74) is 0.895. The number of sulfone groups is 1. The summed E-state index contributed by atoms with van der Waals surface area (Å²) < 4.78 is 22.6. The van der Waals surface area contributed by atoms with E-state index in [2.05, 4.69) is 22.5 Å². The standard InChI is InChI=1S/C13H16N2O2S/c1-18(16,17)13-6-5-10(8-14-13)15-12-7-9-3-2-4-11(9)12/h2,4-6,8-9,11-12,15H,3,7H2,1H3. The summed E-state index contributed by atoms with van der Waals surface area (Å²) in [4.78, 5) is 3.98. The Labute approximate surface area is 107 Å². The van der Waals surface area contributed by atoms with E-state index in [-0.39, 0.29) is 5.03 Å². The molecule has 0 spiro atoms. The van der Waals surface area contributed by atoms with E-state index >= 15 is 0 Å². The Morgan fingerprint density at radius 2 is 2.22 bits per heavy atom. The van der Waals surface area contributed by atoms with Gasteiger partial charge in [0.1, 0.15) is 0 Å². The Kier molecular flexibility index (Phi) is 2.66. The summed E-state index contributed by atoms with van der Waals surface area (Å²) >= 11 is 0. The van der Waals surface area contributed by atoms with Crippen molar-refractivity contribution in [1.29, 1.82) is 0 Å². The molecule has 2 aliphatic carbocycles. The zero-order valence-corrected chi connectivity index (χ0v) is 11.0. The van der Waals surface area contributed by atoms with E-state index < -0.39 is 9.84 Å². The van der Waals surface area contributed by atoms with Crippen LogP contribution in [-0.4, -0.2) is 25.7 Å². The molecule has 3 rings (SSSR count). The molecule has 1 saturated carbocycles. The molecular formula is C13H16N2O2S. The number of nitrogens with zero attached hydrogens (tertiary/aromatic N) is 1. The lowest BCUT2D eigenvalue weighted by Gasteiger charge is -2.41. The average Bonchev–Trinajstić information content (AvgIpc) is 2.67. The molecule has 1 fully saturated rings. The van der Waals surface area contributed by atoms with E-state index in [1.807, 2.05) is 0 Å². The van der Waals surface area contributed by atoms with Crippen LogP contribution in [0, 0.1) is 11.8 Å². The maximum Gasteiger partial charge on any atom is 0.192 e. The average molecular weight is 264 g/mol. The van der Waals surface area contributed by atoms with Crippen LogP contribution < -0.4 is 5.32 Å². The van der Waals surface area contributed by atoms with Crippen molar-refractivity contribution in [2.24, 2.45) is 11.8 Å². The summed E-state index contributed by atoms with van der Waals surface area (Å²) in [6.45, 7) is 0. The van der Waals surface area contributed by atoms with Gasteiger partial charge >= 0.3 is 0 Å². The van der Waals surface area contributed by atoms with Gasteiger partial charge in [0.05, 0.1) is 11.9 Å². The van der Waals surface area contributed by atoms with Gasteiger partial charge in [0.15, 0.2) is 14.9 Å². The first-order valence-electron chi connectivity index (χ1n) is 6.13. The highest BCUT2D eigenvalue weighted by Crippen LogP contribution is 2.43. The van der Waals surface area contributed by atoms with E-state index in [1.54, 1.807) is 18.3 Å². The number of hydrogen-bond acceptors (Lipinski definition) is 4. The predicted molar refractivity (Wildman–Crippen MR) is 70.1 cm³/mol. The topological polar surface area (TPSA) is 59.1 Å². The van der Waals surface area contributed by atoms with Crippen LogP contribution in [0.5, 0.6) is 0 Å². The quantitative estimate of drug-likeness (QED) is 0.847. The third-order valence-corrected chi connectivity index (χ3v) is 4.83. The van der Waals surface area contributed by atoms with Crippen molar-refractivity contribution in [3.63, 3.8) is 0 Å². The van der Waals surface area contributed by atoms with Gasteiger partial charge in [-0.3, -0.25) is 0 Å². The number of aromatic nitrogens is 1. The second kappa shape index (κ2) is 4.09. The summed E-state index contributed by atoms with van der Waals surface area (Å²) in [5.74, 6) is 1.45. The van der Waals surface area contributed by atoms with E-state index in [4.69, 9.17) is 0 Å². The number of hydrogen-bond donors (Lipinski definition) is 1. The molecule has 0 aromatic carbocycles. The number of rotatable bonds is 3. The third kappa shape index (κ3) is 2.03. The van der Waals surface area contributed by atoms with Crippen molar-refractivity contribution in [2.45, 2.75) is 23.9 Å². The van der Waals surface area contributed by atoms with Gasteiger partial charge in [0.25, 0.3) is 0 Å². The maximum atomic E-state index is 11.3. The smallest absolute Gasteiger partial charge is 0.192 e. The lowest BCUT2D eigenvalue weighted by molar-refractivity contribution is 0.218. The molecule has 18 heavy (non-hydrogen) atoms. The van der Waals surface area contributed by atoms with Crippen molar-refractivity contribution in [1.82, 2.24) is 4.98 Å². The lowest BCUT2D eigenvalue weighted by Crippen LogP contribution is -2.43. The Bertz CT molecular complexity index is 578. The molecule has 3 unspecified atom stereocenters. The lowest BCUT2D eigenvalue weighted by atomic mass is 9.71. The first-order chi connectivity index (χ1) is 8.54. The predicted octanol–water partition coefficient (Wildman–Crippen LogP) is 1.86. The molecule has 0 saturated heterocycles. The van der Waals surface area contributed by atoms with Gasteiger partial charge < -0.3 is 5.32 Å². The molecule has 1 heterocycles. The zero-order chi connectivity index (χ0) is 12.8. The number of anilines is 1. The molecule has 0 amide bonds. The van der Waals surface area contributed by atoms with Crippen LogP contribution >= 0.6 is 0 Å². The molecule has 1 N–H and O–H groups in total. The van der Waals surface area contributed by atoms with Gasteiger partial charge in [-0.15, -0.1) is 0 Å². The minimum absolute atomic E-state index is 0.125. The van der Waals surface area contributed by atoms with Gasteiger partial charge in [-0.05, 0) is 30.9 Å². The Hall–Kier alpha value is -1.36. The Balaban J connectivity index is 1.69. The molecule has 0 bridgehead atoms. The Morgan fingerprint density at radius 3 is 2.83 bits per heavy atom. The summed E-state index contributed by atoms with van der Waals surface area (Å²) in [7, 11) is -3.20. The summed E-state index contributed by atoms with van der Waals surface area (Å²) in [5, 5.41) is 3.55. The van der Waals surface area contributed by atoms with Crippen molar-refractivity contribution >= 4 is 15.5 Å². The van der Waals surface area contributed by atoms with E-state index in [9.17, 15) is 8.42 Å². The normalized spacial score (nSPS) is 29.7. The third-order valence-electron chi connectivity index (χ3n) is 3.83. The number of fused-ring (bicyclic) bond motifs is 1. The van der Waals surface area contributed by atoms with Crippen molar-refractivity contribution < 1.29 is 8.42 Å². The second-order valence-corrected chi connectivity index (χ2v) is 7.11. The largest absolute Gasteiger partial charge is 0.380 e. The fraction of sp³-hybridized carbons (Fsp3) is 0.462. The molecule has 5 heteroatoms. The van der Waals surface area contributed by atoms with Crippen molar-refractivity contribution in [2.75, 3.05) is 11.6 Å². The molecule has 0 radical (unpaired) electrons. The van der Waals surface area contributed by atoms with Gasteiger partial charge in [0, 0.05) is 18.2 Å². The molecule has 96 valence electrons. The highest BCUT2D eigenvalue weighted by atomic mass is 32.2. The summed E-state index contributed by atoms with van der Waals surface area (Å²) in [6, 6.07) is 3.81. The maximum absolute atomic E-state index is 11.3. The minimum atomic E-state index is -3.20. The van der Waals surface area contributed by atoms with Crippen LogP contribution in [0.15, 0.2) is 35.5 Å². The van der Waals surface area contributed by atoms with Crippen LogP contribution in [0.4, 0.5) is 5.69 Å². The van der Waals surface area contributed by atoms with Crippen LogP contribution in [0.1, 0.15) is 12.8 Å². The molecule has 0 aliphatic heterocycles. The van der Waals surface area contributed by atoms with E-state index in [0.29, 0.717) is 12.0 Å². The number of nitrogens with one attached hydrogen (secondary N) is 1. The first-order valence-corrected chi connectivity index (χ1v) is 8.02. The highest BCUT2D eigenvalue weighted by Gasteiger charge is 2.40. The molecule has 4 nitrogen and oxygen atoms in total. The van der Waals surface area contributed by atoms with Gasteiger partial charge in [-0.1, -0.05) is 12.2 Å². The fourth-order valence-electron chi connectivity index (χ4n) is 2.78. The first kappa shape index (κ1) is 11.7. The molecule has 1 aromatic heterocycles. The fourth-order valence-corrected chi connectivity index (χ4v) is 3.34. The summed E-state index contributed by atoms with van der Waals surface area (Å²) in [6.07, 6.45) is 9.69. The Morgan fingerprint density at radius 1 is 1.39 bits per heavy atom. The van der Waals surface area contributed by atoms with E-state index in [0.717, 1.165) is 11.6 Å². The monoisotopic (exact) mass is 264 g/mol. The van der Waals surface area contributed by atoms with Gasteiger partial charge in [-0.25, -0.2) is 13.4 Å². The zero-order valence-electron chi connectivity index (χ0n) is 10.2. The van der Waals surface area contributed by atoms with Gasteiger partial charge in [-0.2, -0.15) is 0 Å². The highest BCUT2D eigenvalue weighted by molar-refractivity contribution is 7.90. The van der Waals surface area contributed by atoms with Crippen LogP contribution in [0.25, 0.3) is 0 Å². The number of pyridine rings is 1. The van der Waals surface area contributed by atoms with Crippen LogP contribution in [0.2, 0.25) is 0 Å². The van der Waals surface area contributed by atoms with Crippen LogP contribution in [-0.2, 0) is 9.84 Å².